The van der Waals surface area contributed by atoms with Crippen molar-refractivity contribution in [2.24, 2.45) is 0 Å². The van der Waals surface area contributed by atoms with Crippen molar-refractivity contribution >= 4 is 62.9 Å². The van der Waals surface area contributed by atoms with E-state index in [9.17, 15) is 14.4 Å². The van der Waals surface area contributed by atoms with Crippen LogP contribution in [0.2, 0.25) is 0 Å². The minimum atomic E-state index is -0.495. The number of ether oxygens (including phenoxy) is 2. The van der Waals surface area contributed by atoms with Crippen molar-refractivity contribution < 1.29 is 23.9 Å². The lowest BCUT2D eigenvalue weighted by molar-refractivity contribution is -0.115. The SMILES string of the molecule is COc1ccc(OC)c(NC(=O)C(C)Sc2cccc(NC(=O)/C(=C/c3ccc(Br)cc3)NC(=O)c3ccccc3)c2)c1. The molecule has 0 aliphatic heterocycles. The molecule has 220 valence electrons. The van der Waals surface area contributed by atoms with Gasteiger partial charge >= 0.3 is 0 Å². The summed E-state index contributed by atoms with van der Waals surface area (Å²) in [4.78, 5) is 40.1. The third-order valence-electron chi connectivity index (χ3n) is 6.15. The van der Waals surface area contributed by atoms with Gasteiger partial charge in [0.2, 0.25) is 5.91 Å². The van der Waals surface area contributed by atoms with E-state index in [1.165, 1.54) is 18.9 Å². The second-order valence-corrected chi connectivity index (χ2v) is 11.6. The van der Waals surface area contributed by atoms with E-state index in [1.807, 2.05) is 36.4 Å². The number of thioether (sulfide) groups is 1. The number of amides is 3. The molecule has 0 bridgehead atoms. The molecular weight excluding hydrogens is 630 g/mol. The number of hydrogen-bond donors (Lipinski definition) is 3. The van der Waals surface area contributed by atoms with Crippen molar-refractivity contribution in [3.63, 3.8) is 0 Å². The van der Waals surface area contributed by atoms with Crippen LogP contribution in [0.5, 0.6) is 11.5 Å². The lowest BCUT2D eigenvalue weighted by Gasteiger charge is -2.16. The highest BCUT2D eigenvalue weighted by atomic mass is 79.9. The maximum atomic E-state index is 13.4. The van der Waals surface area contributed by atoms with Gasteiger partial charge in [-0.2, -0.15) is 0 Å². The first-order valence-electron chi connectivity index (χ1n) is 13.2. The second-order valence-electron chi connectivity index (χ2n) is 9.23. The van der Waals surface area contributed by atoms with E-state index < -0.39 is 17.1 Å². The second kappa shape index (κ2) is 15.1. The molecule has 0 spiro atoms. The van der Waals surface area contributed by atoms with E-state index in [4.69, 9.17) is 9.47 Å². The molecule has 1 unspecified atom stereocenters. The molecule has 8 nitrogen and oxygen atoms in total. The number of benzene rings is 4. The predicted octanol–water partition coefficient (Wildman–Crippen LogP) is 7.00. The predicted molar refractivity (Wildman–Crippen MR) is 175 cm³/mol. The van der Waals surface area contributed by atoms with Gasteiger partial charge in [-0.3, -0.25) is 14.4 Å². The first kappa shape index (κ1) is 31.4. The van der Waals surface area contributed by atoms with Gasteiger partial charge < -0.3 is 25.4 Å². The van der Waals surface area contributed by atoms with Crippen LogP contribution in [0.4, 0.5) is 11.4 Å². The molecular formula is C33H30BrN3O5S. The molecule has 0 radical (unpaired) electrons. The van der Waals surface area contributed by atoms with Crippen LogP contribution in [0.25, 0.3) is 6.08 Å². The molecule has 43 heavy (non-hydrogen) atoms. The van der Waals surface area contributed by atoms with Crippen LogP contribution >= 0.6 is 27.7 Å². The van der Waals surface area contributed by atoms with Crippen molar-refractivity contribution in [3.05, 3.63) is 118 Å². The summed E-state index contributed by atoms with van der Waals surface area (Å²) >= 11 is 4.74. The Morgan fingerprint density at radius 1 is 0.837 bits per heavy atom. The lowest BCUT2D eigenvalue weighted by atomic mass is 10.1. The number of hydrogen-bond acceptors (Lipinski definition) is 6. The summed E-state index contributed by atoms with van der Waals surface area (Å²) in [6, 6.07) is 28.3. The highest BCUT2D eigenvalue weighted by Gasteiger charge is 2.19. The minimum absolute atomic E-state index is 0.0780. The standard InChI is InChI=1S/C33H30BrN3O5S/c1-21(31(38)36-28-20-26(41-2)16-17-30(28)42-3)43-27-11-7-10-25(19-27)35-33(40)29(18-22-12-14-24(34)15-13-22)37-32(39)23-8-5-4-6-9-23/h4-21H,1-3H3,(H,35,40)(H,36,38)(H,37,39)/b29-18-. The lowest BCUT2D eigenvalue weighted by Crippen LogP contribution is -2.30. The quantitative estimate of drug-likeness (QED) is 0.118. The van der Waals surface area contributed by atoms with Crippen molar-refractivity contribution in [1.82, 2.24) is 5.32 Å². The number of nitrogens with one attached hydrogen (secondary N) is 3. The molecule has 0 fully saturated rings. The van der Waals surface area contributed by atoms with E-state index in [-0.39, 0.29) is 11.6 Å². The summed E-state index contributed by atoms with van der Waals surface area (Å²) in [6.45, 7) is 1.79. The fourth-order valence-corrected chi connectivity index (χ4v) is 5.11. The highest BCUT2D eigenvalue weighted by Crippen LogP contribution is 2.31. The van der Waals surface area contributed by atoms with Crippen LogP contribution in [-0.4, -0.2) is 37.2 Å². The number of carbonyl (C=O) groups is 3. The fourth-order valence-electron chi connectivity index (χ4n) is 3.92. The number of rotatable bonds is 11. The van der Waals surface area contributed by atoms with Crippen LogP contribution in [0.3, 0.4) is 0 Å². The summed E-state index contributed by atoms with van der Waals surface area (Å²) in [5, 5.41) is 8.02. The van der Waals surface area contributed by atoms with E-state index in [2.05, 4.69) is 31.9 Å². The van der Waals surface area contributed by atoms with Crippen molar-refractivity contribution in [1.29, 1.82) is 0 Å². The molecule has 3 N–H and O–H groups in total. The Balaban J connectivity index is 1.48. The minimum Gasteiger partial charge on any atom is -0.497 e. The monoisotopic (exact) mass is 659 g/mol. The van der Waals surface area contributed by atoms with Crippen LogP contribution in [-0.2, 0) is 9.59 Å². The Kier molecular flexibility index (Phi) is 11.0. The van der Waals surface area contributed by atoms with Crippen LogP contribution < -0.4 is 25.4 Å². The molecule has 1 atom stereocenters. The van der Waals surface area contributed by atoms with E-state index in [0.29, 0.717) is 28.4 Å². The van der Waals surface area contributed by atoms with Gasteiger partial charge in [-0.05, 0) is 73.2 Å². The van der Waals surface area contributed by atoms with Gasteiger partial charge in [0.25, 0.3) is 11.8 Å². The number of methoxy groups -OCH3 is 2. The summed E-state index contributed by atoms with van der Waals surface area (Å²) in [7, 11) is 3.08. The molecule has 0 saturated carbocycles. The first-order valence-corrected chi connectivity index (χ1v) is 14.9. The number of halogens is 1. The third kappa shape index (κ3) is 8.97. The van der Waals surface area contributed by atoms with Crippen molar-refractivity contribution in [2.75, 3.05) is 24.9 Å². The van der Waals surface area contributed by atoms with E-state index >= 15 is 0 Å². The van der Waals surface area contributed by atoms with E-state index in [1.54, 1.807) is 80.8 Å². The Hall–Kier alpha value is -4.54. The van der Waals surface area contributed by atoms with Crippen LogP contribution in [0.15, 0.2) is 112 Å². The summed E-state index contributed by atoms with van der Waals surface area (Å²) < 4.78 is 11.5. The van der Waals surface area contributed by atoms with Crippen LogP contribution in [0.1, 0.15) is 22.8 Å². The zero-order chi connectivity index (χ0) is 30.8. The van der Waals surface area contributed by atoms with Crippen molar-refractivity contribution in [3.8, 4) is 11.5 Å². The molecule has 0 aromatic heterocycles. The Morgan fingerprint density at radius 3 is 2.28 bits per heavy atom. The molecule has 0 aliphatic carbocycles. The largest absolute Gasteiger partial charge is 0.497 e. The summed E-state index contributed by atoms with van der Waals surface area (Å²) in [6.07, 6.45) is 1.61. The molecule has 3 amide bonds. The fraction of sp³-hybridized carbons (Fsp3) is 0.121. The average molecular weight is 661 g/mol. The van der Waals surface area contributed by atoms with Gasteiger partial charge in [-0.25, -0.2) is 0 Å². The smallest absolute Gasteiger partial charge is 0.272 e. The van der Waals surface area contributed by atoms with Crippen molar-refractivity contribution in [2.45, 2.75) is 17.1 Å². The maximum Gasteiger partial charge on any atom is 0.272 e. The molecule has 0 heterocycles. The Bertz CT molecular complexity index is 1630. The highest BCUT2D eigenvalue weighted by molar-refractivity contribution is 9.10. The molecule has 0 aliphatic rings. The van der Waals surface area contributed by atoms with Gasteiger partial charge in [0.1, 0.15) is 17.2 Å². The summed E-state index contributed by atoms with van der Waals surface area (Å²) in [5.74, 6) is -0.0220. The summed E-state index contributed by atoms with van der Waals surface area (Å²) in [5.41, 5.74) is 2.25. The zero-order valence-electron chi connectivity index (χ0n) is 23.7. The normalized spacial score (nSPS) is 11.7. The topological polar surface area (TPSA) is 106 Å². The van der Waals surface area contributed by atoms with Gasteiger partial charge in [0, 0.05) is 26.7 Å². The first-order chi connectivity index (χ1) is 20.7. The maximum absolute atomic E-state index is 13.4. The molecule has 4 aromatic carbocycles. The third-order valence-corrected chi connectivity index (χ3v) is 7.77. The number of anilines is 2. The van der Waals surface area contributed by atoms with Crippen LogP contribution in [0, 0.1) is 0 Å². The molecule has 4 aromatic rings. The van der Waals surface area contributed by atoms with Gasteiger partial charge in [0.15, 0.2) is 0 Å². The molecule has 4 rings (SSSR count). The Labute approximate surface area is 263 Å². The average Bonchev–Trinajstić information content (AvgIpc) is 3.02. The number of carbonyl (C=O) groups excluding carboxylic acids is 3. The molecule has 0 saturated heterocycles. The van der Waals surface area contributed by atoms with Gasteiger partial charge in [-0.15, -0.1) is 11.8 Å². The Morgan fingerprint density at radius 2 is 1.58 bits per heavy atom. The van der Waals surface area contributed by atoms with Gasteiger partial charge in [-0.1, -0.05) is 52.3 Å². The zero-order valence-corrected chi connectivity index (χ0v) is 26.1. The van der Waals surface area contributed by atoms with Gasteiger partial charge in [0.05, 0.1) is 25.2 Å². The van der Waals surface area contributed by atoms with E-state index in [0.717, 1.165) is 14.9 Å². The molecule has 10 heteroatoms.